The molecule has 0 bridgehead atoms. The SMILES string of the molecule is COCC(C)CC(=O)Nc1cc(Cl)ccc1Br. The predicted molar refractivity (Wildman–Crippen MR) is 73.4 cm³/mol. The first-order valence-electron chi connectivity index (χ1n) is 5.26. The Bertz CT molecular complexity index is 398. The molecule has 1 rings (SSSR count). The summed E-state index contributed by atoms with van der Waals surface area (Å²) >= 11 is 9.22. The Balaban J connectivity index is 2.58. The van der Waals surface area contributed by atoms with E-state index < -0.39 is 0 Å². The molecule has 1 aromatic rings. The molecule has 17 heavy (non-hydrogen) atoms. The van der Waals surface area contributed by atoms with Crippen molar-refractivity contribution in [2.24, 2.45) is 5.92 Å². The Labute approximate surface area is 115 Å². The first kappa shape index (κ1) is 14.5. The van der Waals surface area contributed by atoms with Crippen LogP contribution in [0.25, 0.3) is 0 Å². The number of halogens is 2. The van der Waals surface area contributed by atoms with Gasteiger partial charge in [0.15, 0.2) is 0 Å². The van der Waals surface area contributed by atoms with Crippen LogP contribution in [0, 0.1) is 5.92 Å². The minimum Gasteiger partial charge on any atom is -0.384 e. The fourth-order valence-corrected chi connectivity index (χ4v) is 1.97. The van der Waals surface area contributed by atoms with Crippen molar-refractivity contribution in [1.29, 1.82) is 0 Å². The lowest BCUT2D eigenvalue weighted by molar-refractivity contribution is -0.117. The van der Waals surface area contributed by atoms with E-state index in [-0.39, 0.29) is 11.8 Å². The Morgan fingerprint density at radius 3 is 2.94 bits per heavy atom. The number of anilines is 1. The van der Waals surface area contributed by atoms with Crippen LogP contribution in [0.5, 0.6) is 0 Å². The van der Waals surface area contributed by atoms with Crippen molar-refractivity contribution >= 4 is 39.1 Å². The van der Waals surface area contributed by atoms with Gasteiger partial charge in [-0.3, -0.25) is 4.79 Å². The van der Waals surface area contributed by atoms with Crippen molar-refractivity contribution in [3.8, 4) is 0 Å². The Kier molecular flexibility index (Phi) is 5.95. The van der Waals surface area contributed by atoms with E-state index in [1.165, 1.54) is 0 Å². The van der Waals surface area contributed by atoms with Gasteiger partial charge in [0.1, 0.15) is 0 Å². The molecule has 0 radical (unpaired) electrons. The molecule has 0 saturated heterocycles. The molecule has 0 fully saturated rings. The van der Waals surface area contributed by atoms with Crippen LogP contribution in [-0.4, -0.2) is 19.6 Å². The maximum Gasteiger partial charge on any atom is 0.224 e. The van der Waals surface area contributed by atoms with E-state index in [0.717, 1.165) is 4.47 Å². The molecule has 94 valence electrons. The highest BCUT2D eigenvalue weighted by atomic mass is 79.9. The Hall–Kier alpha value is -0.580. The summed E-state index contributed by atoms with van der Waals surface area (Å²) in [5.74, 6) is 0.149. The van der Waals surface area contributed by atoms with E-state index in [0.29, 0.717) is 23.7 Å². The lowest BCUT2D eigenvalue weighted by atomic mass is 10.1. The second-order valence-corrected chi connectivity index (χ2v) is 5.23. The maximum absolute atomic E-state index is 11.7. The van der Waals surface area contributed by atoms with Gasteiger partial charge in [-0.05, 0) is 40.0 Å². The number of ether oxygens (including phenoxy) is 1. The van der Waals surface area contributed by atoms with Crippen molar-refractivity contribution < 1.29 is 9.53 Å². The molecule has 0 aromatic heterocycles. The van der Waals surface area contributed by atoms with Gasteiger partial charge in [0.2, 0.25) is 5.91 Å². The summed E-state index contributed by atoms with van der Waals surface area (Å²) in [6.45, 7) is 2.54. The van der Waals surface area contributed by atoms with Crippen LogP contribution in [0.4, 0.5) is 5.69 Å². The van der Waals surface area contributed by atoms with E-state index in [9.17, 15) is 4.79 Å². The minimum atomic E-state index is -0.0440. The number of nitrogens with one attached hydrogen (secondary N) is 1. The molecule has 1 N–H and O–H groups in total. The van der Waals surface area contributed by atoms with Crippen LogP contribution in [0.15, 0.2) is 22.7 Å². The summed E-state index contributed by atoms with van der Waals surface area (Å²) in [6, 6.07) is 5.27. The molecule has 1 aromatic carbocycles. The third kappa shape index (κ3) is 5.06. The molecule has 0 aliphatic carbocycles. The third-order valence-corrected chi connectivity index (χ3v) is 3.11. The standard InChI is InChI=1S/C12H15BrClNO2/c1-8(7-17-2)5-12(16)15-11-6-9(14)3-4-10(11)13/h3-4,6,8H,5,7H2,1-2H3,(H,15,16). The molecule has 3 nitrogen and oxygen atoms in total. The first-order chi connectivity index (χ1) is 8.02. The zero-order valence-corrected chi connectivity index (χ0v) is 12.1. The van der Waals surface area contributed by atoms with Gasteiger partial charge in [0, 0.05) is 29.6 Å². The molecule has 0 heterocycles. The summed E-state index contributed by atoms with van der Waals surface area (Å²) in [5, 5.41) is 3.41. The quantitative estimate of drug-likeness (QED) is 0.898. The number of hydrogen-bond donors (Lipinski definition) is 1. The maximum atomic E-state index is 11.7. The van der Waals surface area contributed by atoms with Gasteiger partial charge in [-0.25, -0.2) is 0 Å². The Morgan fingerprint density at radius 1 is 1.59 bits per heavy atom. The number of carbonyl (C=O) groups is 1. The average molecular weight is 321 g/mol. The van der Waals surface area contributed by atoms with Gasteiger partial charge >= 0.3 is 0 Å². The van der Waals surface area contributed by atoms with Crippen LogP contribution < -0.4 is 5.32 Å². The summed E-state index contributed by atoms with van der Waals surface area (Å²) in [7, 11) is 1.63. The van der Waals surface area contributed by atoms with Gasteiger partial charge in [-0.2, -0.15) is 0 Å². The van der Waals surface area contributed by atoms with Crippen molar-refractivity contribution in [3.05, 3.63) is 27.7 Å². The van der Waals surface area contributed by atoms with Crippen LogP contribution >= 0.6 is 27.5 Å². The van der Waals surface area contributed by atoms with Gasteiger partial charge in [0.25, 0.3) is 0 Å². The fourth-order valence-electron chi connectivity index (χ4n) is 1.45. The van der Waals surface area contributed by atoms with Gasteiger partial charge in [-0.1, -0.05) is 18.5 Å². The number of rotatable bonds is 5. The molecular weight excluding hydrogens is 305 g/mol. The molecule has 0 aliphatic rings. The normalized spacial score (nSPS) is 12.2. The van der Waals surface area contributed by atoms with Crippen molar-refractivity contribution in [1.82, 2.24) is 0 Å². The lowest BCUT2D eigenvalue weighted by Crippen LogP contribution is -2.17. The van der Waals surface area contributed by atoms with Gasteiger partial charge in [0.05, 0.1) is 5.69 Å². The summed E-state index contributed by atoms with van der Waals surface area (Å²) in [5.41, 5.74) is 0.687. The highest BCUT2D eigenvalue weighted by Crippen LogP contribution is 2.26. The smallest absolute Gasteiger partial charge is 0.224 e. The molecule has 1 amide bonds. The predicted octanol–water partition coefficient (Wildman–Crippen LogP) is 3.71. The van der Waals surface area contributed by atoms with Crippen LogP contribution in [0.2, 0.25) is 5.02 Å². The second-order valence-electron chi connectivity index (χ2n) is 3.94. The van der Waals surface area contributed by atoms with E-state index >= 15 is 0 Å². The number of carbonyl (C=O) groups excluding carboxylic acids is 1. The third-order valence-electron chi connectivity index (χ3n) is 2.19. The Morgan fingerprint density at radius 2 is 2.29 bits per heavy atom. The highest BCUT2D eigenvalue weighted by Gasteiger charge is 2.10. The topological polar surface area (TPSA) is 38.3 Å². The monoisotopic (exact) mass is 319 g/mol. The average Bonchev–Trinajstić information content (AvgIpc) is 2.23. The zero-order chi connectivity index (χ0) is 12.8. The van der Waals surface area contributed by atoms with Gasteiger partial charge in [-0.15, -0.1) is 0 Å². The fraction of sp³-hybridized carbons (Fsp3) is 0.417. The molecule has 0 aliphatic heterocycles. The molecule has 1 unspecified atom stereocenters. The summed E-state index contributed by atoms with van der Waals surface area (Å²) in [4.78, 5) is 11.7. The molecule has 1 atom stereocenters. The number of amides is 1. The zero-order valence-electron chi connectivity index (χ0n) is 9.80. The van der Waals surface area contributed by atoms with Crippen molar-refractivity contribution in [2.75, 3.05) is 19.0 Å². The minimum absolute atomic E-state index is 0.0440. The number of hydrogen-bond acceptors (Lipinski definition) is 2. The second kappa shape index (κ2) is 6.99. The van der Waals surface area contributed by atoms with Crippen molar-refractivity contribution in [2.45, 2.75) is 13.3 Å². The summed E-state index contributed by atoms with van der Waals surface area (Å²) < 4.78 is 5.80. The van der Waals surface area contributed by atoms with Crippen LogP contribution in [-0.2, 0) is 9.53 Å². The number of benzene rings is 1. The summed E-state index contributed by atoms with van der Waals surface area (Å²) in [6.07, 6.45) is 0.423. The lowest BCUT2D eigenvalue weighted by Gasteiger charge is -2.11. The van der Waals surface area contributed by atoms with E-state index in [2.05, 4.69) is 21.2 Å². The molecule has 0 spiro atoms. The highest BCUT2D eigenvalue weighted by molar-refractivity contribution is 9.10. The van der Waals surface area contributed by atoms with Crippen LogP contribution in [0.1, 0.15) is 13.3 Å². The van der Waals surface area contributed by atoms with E-state index in [1.807, 2.05) is 6.92 Å². The van der Waals surface area contributed by atoms with Crippen molar-refractivity contribution in [3.63, 3.8) is 0 Å². The molecular formula is C12H15BrClNO2. The van der Waals surface area contributed by atoms with Crippen LogP contribution in [0.3, 0.4) is 0 Å². The number of methoxy groups -OCH3 is 1. The van der Waals surface area contributed by atoms with Gasteiger partial charge < -0.3 is 10.1 Å². The van der Waals surface area contributed by atoms with E-state index in [4.69, 9.17) is 16.3 Å². The molecule has 5 heteroatoms. The van der Waals surface area contributed by atoms with E-state index in [1.54, 1.807) is 25.3 Å². The molecule has 0 saturated carbocycles. The largest absolute Gasteiger partial charge is 0.384 e. The first-order valence-corrected chi connectivity index (χ1v) is 6.44.